The number of ether oxygens (including phenoxy) is 2. The molecule has 0 bridgehead atoms. The first-order valence-corrected chi connectivity index (χ1v) is 9.19. The first kappa shape index (κ1) is 24.9. The second kappa shape index (κ2) is 11.1. The predicted octanol–water partition coefficient (Wildman–Crippen LogP) is 3.57. The van der Waals surface area contributed by atoms with Crippen molar-refractivity contribution < 1.29 is 19.0 Å². The summed E-state index contributed by atoms with van der Waals surface area (Å²) >= 11 is 0. The van der Waals surface area contributed by atoms with E-state index in [0.29, 0.717) is 43.0 Å². The molecular formula is C20H31IN4O4. The van der Waals surface area contributed by atoms with Crippen molar-refractivity contribution in [3.63, 3.8) is 0 Å². The number of methoxy groups -OCH3 is 2. The van der Waals surface area contributed by atoms with Gasteiger partial charge in [0.1, 0.15) is 5.76 Å². The fraction of sp³-hybridized carbons (Fsp3) is 0.500. The van der Waals surface area contributed by atoms with E-state index < -0.39 is 0 Å². The van der Waals surface area contributed by atoms with Gasteiger partial charge in [0.15, 0.2) is 17.5 Å². The number of aliphatic imine (C=N–C) groups is 1. The van der Waals surface area contributed by atoms with Crippen molar-refractivity contribution in [1.29, 1.82) is 0 Å². The molecule has 29 heavy (non-hydrogen) atoms. The van der Waals surface area contributed by atoms with Crippen LogP contribution in [0.5, 0.6) is 17.2 Å². The van der Waals surface area contributed by atoms with Crippen LogP contribution in [0.1, 0.15) is 44.9 Å². The highest BCUT2D eigenvalue weighted by Gasteiger charge is 2.19. The number of hydrogen-bond acceptors (Lipinski definition) is 6. The van der Waals surface area contributed by atoms with Crippen LogP contribution in [0, 0.1) is 0 Å². The second-order valence-electron chi connectivity index (χ2n) is 7.27. The molecule has 0 saturated carbocycles. The van der Waals surface area contributed by atoms with Gasteiger partial charge in [-0.3, -0.25) is 0 Å². The van der Waals surface area contributed by atoms with Gasteiger partial charge in [-0.1, -0.05) is 20.8 Å². The van der Waals surface area contributed by atoms with Gasteiger partial charge in [-0.15, -0.1) is 24.0 Å². The number of phenols is 1. The highest BCUT2D eigenvalue weighted by molar-refractivity contribution is 14.0. The van der Waals surface area contributed by atoms with Crippen molar-refractivity contribution in [2.24, 2.45) is 4.99 Å². The van der Waals surface area contributed by atoms with Crippen LogP contribution in [0.3, 0.4) is 0 Å². The Kier molecular flexibility index (Phi) is 9.54. The summed E-state index contributed by atoms with van der Waals surface area (Å²) in [6.07, 6.45) is 1.76. The molecule has 0 fully saturated rings. The number of hydrogen-bond donors (Lipinski definition) is 3. The van der Waals surface area contributed by atoms with E-state index in [4.69, 9.17) is 13.9 Å². The summed E-state index contributed by atoms with van der Waals surface area (Å²) in [5.74, 6) is 2.73. The third-order valence-corrected chi connectivity index (χ3v) is 4.00. The molecule has 0 radical (unpaired) electrons. The Bertz CT molecular complexity index is 790. The molecule has 3 N–H and O–H groups in total. The molecule has 2 aromatic rings. The van der Waals surface area contributed by atoms with Crippen molar-refractivity contribution in [3.05, 3.63) is 35.5 Å². The van der Waals surface area contributed by atoms with Crippen LogP contribution < -0.4 is 20.1 Å². The summed E-state index contributed by atoms with van der Waals surface area (Å²) in [6.45, 7) is 9.74. The minimum Gasteiger partial charge on any atom is -0.502 e. The molecule has 0 atom stereocenters. The maximum absolute atomic E-state index is 10.0. The van der Waals surface area contributed by atoms with Crippen LogP contribution in [-0.2, 0) is 18.5 Å². The van der Waals surface area contributed by atoms with Crippen molar-refractivity contribution >= 4 is 29.9 Å². The van der Waals surface area contributed by atoms with Gasteiger partial charge in [0.25, 0.3) is 0 Å². The Balaban J connectivity index is 0.00000420. The predicted molar refractivity (Wildman–Crippen MR) is 123 cm³/mol. The third kappa shape index (κ3) is 6.98. The van der Waals surface area contributed by atoms with Crippen LogP contribution in [-0.4, -0.2) is 36.8 Å². The zero-order valence-electron chi connectivity index (χ0n) is 17.8. The van der Waals surface area contributed by atoms with E-state index in [2.05, 4.69) is 41.4 Å². The molecule has 9 heteroatoms. The summed E-state index contributed by atoms with van der Waals surface area (Å²) in [7, 11) is 2.99. The van der Waals surface area contributed by atoms with Crippen molar-refractivity contribution in [1.82, 2.24) is 15.6 Å². The van der Waals surface area contributed by atoms with Crippen molar-refractivity contribution in [3.8, 4) is 17.2 Å². The monoisotopic (exact) mass is 518 g/mol. The standard InChI is InChI=1S/C20H30N4O4.HI/c1-7-21-19(24-12-17-22-11-16(28-17)20(2,3)4)23-10-13-8-14(26-5)18(25)15(9-13)27-6;/h8-9,11,25H,7,10,12H2,1-6H3,(H2,21,23,24);1H. The number of aromatic nitrogens is 1. The second-order valence-corrected chi connectivity index (χ2v) is 7.27. The molecule has 162 valence electrons. The minimum atomic E-state index is -0.0825. The van der Waals surface area contributed by atoms with Gasteiger partial charge in [0, 0.05) is 12.0 Å². The summed E-state index contributed by atoms with van der Waals surface area (Å²) in [4.78, 5) is 8.88. The highest BCUT2D eigenvalue weighted by atomic mass is 127. The van der Waals surface area contributed by atoms with Crippen molar-refractivity contribution in [2.45, 2.75) is 46.2 Å². The molecule has 0 saturated heterocycles. The first-order chi connectivity index (χ1) is 13.3. The Labute approximate surface area is 189 Å². The Morgan fingerprint density at radius 3 is 2.28 bits per heavy atom. The van der Waals surface area contributed by atoms with Crippen LogP contribution in [0.15, 0.2) is 27.7 Å². The average Bonchev–Trinajstić information content (AvgIpc) is 3.14. The van der Waals surface area contributed by atoms with Crippen LogP contribution in [0.25, 0.3) is 0 Å². The summed E-state index contributed by atoms with van der Waals surface area (Å²) in [6, 6.07) is 3.46. The molecule has 0 unspecified atom stereocenters. The van der Waals surface area contributed by atoms with Crippen LogP contribution in [0.2, 0.25) is 0 Å². The van der Waals surface area contributed by atoms with Gasteiger partial charge >= 0.3 is 0 Å². The number of phenolic OH excluding ortho intramolecular Hbond substituents is 1. The number of benzene rings is 1. The number of rotatable bonds is 7. The third-order valence-electron chi connectivity index (χ3n) is 4.00. The van der Waals surface area contributed by atoms with Gasteiger partial charge in [-0.2, -0.15) is 0 Å². The van der Waals surface area contributed by atoms with E-state index in [9.17, 15) is 5.11 Å². The van der Waals surface area contributed by atoms with Crippen LogP contribution >= 0.6 is 24.0 Å². The van der Waals surface area contributed by atoms with Gasteiger partial charge < -0.3 is 29.6 Å². The van der Waals surface area contributed by atoms with Gasteiger partial charge in [-0.05, 0) is 24.6 Å². The van der Waals surface area contributed by atoms with Crippen LogP contribution in [0.4, 0.5) is 0 Å². The molecule has 0 aliphatic heterocycles. The number of nitrogens with zero attached hydrogens (tertiary/aromatic N) is 2. The van der Waals surface area contributed by atoms with Gasteiger partial charge in [0.05, 0.1) is 33.5 Å². The first-order valence-electron chi connectivity index (χ1n) is 9.19. The van der Waals surface area contributed by atoms with E-state index in [-0.39, 0.29) is 35.1 Å². The number of halogens is 1. The summed E-state index contributed by atoms with van der Waals surface area (Å²) in [5, 5.41) is 16.4. The van der Waals surface area contributed by atoms with Gasteiger partial charge in [0.2, 0.25) is 11.6 Å². The van der Waals surface area contributed by atoms with E-state index in [1.807, 2.05) is 6.92 Å². The van der Waals surface area contributed by atoms with E-state index in [1.54, 1.807) is 18.3 Å². The van der Waals surface area contributed by atoms with E-state index in [0.717, 1.165) is 11.3 Å². The van der Waals surface area contributed by atoms with Crippen molar-refractivity contribution in [2.75, 3.05) is 20.8 Å². The lowest BCUT2D eigenvalue weighted by Gasteiger charge is -2.13. The minimum absolute atomic E-state index is 0. The van der Waals surface area contributed by atoms with Gasteiger partial charge in [-0.25, -0.2) is 9.98 Å². The normalized spacial score (nSPS) is 11.6. The fourth-order valence-electron chi connectivity index (χ4n) is 2.45. The molecule has 0 aliphatic rings. The lowest BCUT2D eigenvalue weighted by molar-refractivity contribution is 0.339. The topological polar surface area (TPSA) is 101 Å². The smallest absolute Gasteiger partial charge is 0.213 e. The molecule has 1 aromatic heterocycles. The number of guanidine groups is 1. The molecule has 1 aromatic carbocycles. The molecule has 1 heterocycles. The molecule has 8 nitrogen and oxygen atoms in total. The molecule has 0 aliphatic carbocycles. The number of oxazole rings is 1. The number of aromatic hydroxyl groups is 1. The molecule has 0 amide bonds. The fourth-order valence-corrected chi connectivity index (χ4v) is 2.45. The molecule has 2 rings (SSSR count). The molecular weight excluding hydrogens is 487 g/mol. The zero-order chi connectivity index (χ0) is 20.7. The maximum atomic E-state index is 10.0. The Morgan fingerprint density at radius 2 is 1.79 bits per heavy atom. The average molecular weight is 518 g/mol. The summed E-state index contributed by atoms with van der Waals surface area (Å²) < 4.78 is 16.2. The Hall–Kier alpha value is -2.17. The van der Waals surface area contributed by atoms with E-state index >= 15 is 0 Å². The number of nitrogens with one attached hydrogen (secondary N) is 2. The Morgan fingerprint density at radius 1 is 1.17 bits per heavy atom. The zero-order valence-corrected chi connectivity index (χ0v) is 20.2. The largest absolute Gasteiger partial charge is 0.502 e. The quantitative estimate of drug-likeness (QED) is 0.293. The van der Waals surface area contributed by atoms with E-state index in [1.165, 1.54) is 14.2 Å². The maximum Gasteiger partial charge on any atom is 0.213 e. The summed E-state index contributed by atoms with van der Waals surface area (Å²) in [5.41, 5.74) is 0.760. The highest BCUT2D eigenvalue weighted by Crippen LogP contribution is 2.37. The lowest BCUT2D eigenvalue weighted by atomic mass is 9.94. The molecule has 0 spiro atoms. The SMILES string of the molecule is CCNC(=NCc1cc(OC)c(O)c(OC)c1)NCc1ncc(C(C)(C)C)o1.I. The lowest BCUT2D eigenvalue weighted by Crippen LogP contribution is -2.36.